The molecule has 1 heterocycles. The fourth-order valence-electron chi connectivity index (χ4n) is 1.83. The van der Waals surface area contributed by atoms with Crippen LogP contribution in [0.3, 0.4) is 0 Å². The Kier molecular flexibility index (Phi) is 4.94. The van der Waals surface area contributed by atoms with Crippen LogP contribution in [0.4, 0.5) is 0 Å². The monoisotopic (exact) mass is 288 g/mol. The van der Waals surface area contributed by atoms with Gasteiger partial charge in [0.15, 0.2) is 5.75 Å². The molecule has 0 aliphatic rings. The molecule has 0 atom stereocenters. The third-order valence-corrected chi connectivity index (χ3v) is 3.06. The number of hydrogen-bond donors (Lipinski definition) is 2. The van der Waals surface area contributed by atoms with E-state index in [-0.39, 0.29) is 12.3 Å². The van der Waals surface area contributed by atoms with Crippen LogP contribution in [0.2, 0.25) is 0 Å². The van der Waals surface area contributed by atoms with Crippen LogP contribution in [-0.4, -0.2) is 15.7 Å². The summed E-state index contributed by atoms with van der Waals surface area (Å²) in [5.41, 5.74) is 4.06. The Morgan fingerprint density at radius 1 is 1.33 bits per heavy atom. The summed E-state index contributed by atoms with van der Waals surface area (Å²) in [6.45, 7) is 4.59. The molecule has 21 heavy (non-hydrogen) atoms. The zero-order valence-electron chi connectivity index (χ0n) is 12.2. The first-order chi connectivity index (χ1) is 10.1. The lowest BCUT2D eigenvalue weighted by Crippen LogP contribution is -2.31. The molecular formula is C15H20N4O2. The zero-order chi connectivity index (χ0) is 15.2. The number of aromatic nitrogens is 2. The molecule has 112 valence electrons. The first kappa shape index (κ1) is 15.1. The van der Waals surface area contributed by atoms with E-state index in [0.717, 1.165) is 16.9 Å². The van der Waals surface area contributed by atoms with E-state index in [9.17, 15) is 4.79 Å². The normalized spacial score (nSPS) is 10.7. The number of carbonyl (C=O) groups excluding carboxylic acids is 1. The number of hydrogen-bond acceptors (Lipinski definition) is 4. The van der Waals surface area contributed by atoms with Crippen LogP contribution < -0.4 is 16.0 Å². The van der Waals surface area contributed by atoms with Crippen molar-refractivity contribution in [2.24, 2.45) is 5.84 Å². The predicted octanol–water partition coefficient (Wildman–Crippen LogP) is 1.58. The molecule has 0 bridgehead atoms. The molecule has 0 spiro atoms. The van der Waals surface area contributed by atoms with E-state index in [1.165, 1.54) is 0 Å². The standard InChI is InChI=1S/C15H20N4O2/c1-11(2)19-9-14(8-17-19)21-10-13-5-3-12(4-6-13)7-15(20)18-16/h3-6,8-9,11H,7,10,16H2,1-2H3,(H,18,20). The molecular weight excluding hydrogens is 268 g/mol. The van der Waals surface area contributed by atoms with Gasteiger partial charge in [-0.2, -0.15) is 5.10 Å². The van der Waals surface area contributed by atoms with E-state index in [1.807, 2.05) is 35.1 Å². The highest BCUT2D eigenvalue weighted by molar-refractivity contribution is 5.77. The first-order valence-electron chi connectivity index (χ1n) is 6.82. The molecule has 0 aliphatic carbocycles. The second-order valence-corrected chi connectivity index (χ2v) is 5.10. The minimum Gasteiger partial charge on any atom is -0.486 e. The molecule has 0 radical (unpaired) electrons. The third kappa shape index (κ3) is 4.32. The molecule has 1 aromatic heterocycles. The number of carbonyl (C=O) groups is 1. The number of rotatable bonds is 6. The van der Waals surface area contributed by atoms with Crippen molar-refractivity contribution in [1.82, 2.24) is 15.2 Å². The van der Waals surface area contributed by atoms with Gasteiger partial charge in [-0.05, 0) is 25.0 Å². The maximum Gasteiger partial charge on any atom is 0.238 e. The molecule has 6 heteroatoms. The average molecular weight is 288 g/mol. The summed E-state index contributed by atoms with van der Waals surface area (Å²) >= 11 is 0. The van der Waals surface area contributed by atoms with Gasteiger partial charge in [0.05, 0.1) is 18.8 Å². The van der Waals surface area contributed by atoms with Gasteiger partial charge >= 0.3 is 0 Å². The molecule has 0 saturated heterocycles. The highest BCUT2D eigenvalue weighted by atomic mass is 16.5. The lowest BCUT2D eigenvalue weighted by atomic mass is 10.1. The van der Waals surface area contributed by atoms with Crippen LogP contribution in [0.1, 0.15) is 31.0 Å². The molecule has 0 unspecified atom stereocenters. The van der Waals surface area contributed by atoms with Crippen molar-refractivity contribution in [2.75, 3.05) is 0 Å². The summed E-state index contributed by atoms with van der Waals surface area (Å²) in [4.78, 5) is 11.2. The van der Waals surface area contributed by atoms with Crippen molar-refractivity contribution in [3.8, 4) is 5.75 Å². The number of nitrogens with two attached hydrogens (primary N) is 1. The van der Waals surface area contributed by atoms with Gasteiger partial charge in [-0.25, -0.2) is 5.84 Å². The number of ether oxygens (including phenoxy) is 1. The largest absolute Gasteiger partial charge is 0.486 e. The van der Waals surface area contributed by atoms with Crippen LogP contribution in [0.25, 0.3) is 0 Å². The molecule has 6 nitrogen and oxygen atoms in total. The van der Waals surface area contributed by atoms with Crippen molar-refractivity contribution in [2.45, 2.75) is 32.9 Å². The minimum atomic E-state index is -0.208. The summed E-state index contributed by atoms with van der Waals surface area (Å²) in [7, 11) is 0. The van der Waals surface area contributed by atoms with Crippen molar-refractivity contribution in [3.63, 3.8) is 0 Å². The first-order valence-corrected chi connectivity index (χ1v) is 6.82. The summed E-state index contributed by atoms with van der Waals surface area (Å²) < 4.78 is 7.53. The van der Waals surface area contributed by atoms with Crippen LogP contribution in [0.5, 0.6) is 5.75 Å². The van der Waals surface area contributed by atoms with Gasteiger partial charge in [0.1, 0.15) is 6.61 Å². The Morgan fingerprint density at radius 2 is 2.00 bits per heavy atom. The quantitative estimate of drug-likeness (QED) is 0.480. The minimum absolute atomic E-state index is 0.208. The number of amides is 1. The Bertz CT molecular complexity index is 590. The number of benzene rings is 1. The van der Waals surface area contributed by atoms with Gasteiger partial charge in [-0.1, -0.05) is 24.3 Å². The molecule has 3 N–H and O–H groups in total. The summed E-state index contributed by atoms with van der Waals surface area (Å²) in [6, 6.07) is 7.98. The van der Waals surface area contributed by atoms with Gasteiger partial charge in [-0.3, -0.25) is 14.9 Å². The SMILES string of the molecule is CC(C)n1cc(OCc2ccc(CC(=O)NN)cc2)cn1. The molecule has 1 aromatic carbocycles. The van der Waals surface area contributed by atoms with Crippen LogP contribution >= 0.6 is 0 Å². The average Bonchev–Trinajstić information content (AvgIpc) is 2.95. The Hall–Kier alpha value is -2.34. The third-order valence-electron chi connectivity index (χ3n) is 3.06. The highest BCUT2D eigenvalue weighted by Crippen LogP contribution is 2.14. The van der Waals surface area contributed by atoms with Gasteiger partial charge < -0.3 is 4.74 Å². The molecule has 2 aromatic rings. The van der Waals surface area contributed by atoms with E-state index in [4.69, 9.17) is 10.6 Å². The second kappa shape index (κ2) is 6.90. The summed E-state index contributed by atoms with van der Waals surface area (Å²) in [5.74, 6) is 5.59. The fraction of sp³-hybridized carbons (Fsp3) is 0.333. The van der Waals surface area contributed by atoms with E-state index >= 15 is 0 Å². The van der Waals surface area contributed by atoms with Crippen LogP contribution in [-0.2, 0) is 17.8 Å². The maximum atomic E-state index is 11.2. The topological polar surface area (TPSA) is 82.2 Å². The number of nitrogens with zero attached hydrogens (tertiary/aromatic N) is 2. The van der Waals surface area contributed by atoms with Gasteiger partial charge in [0, 0.05) is 6.04 Å². The van der Waals surface area contributed by atoms with Gasteiger partial charge in [0.25, 0.3) is 0 Å². The molecule has 0 aliphatic heterocycles. The molecule has 0 fully saturated rings. The molecule has 1 amide bonds. The lowest BCUT2D eigenvalue weighted by Gasteiger charge is -2.06. The van der Waals surface area contributed by atoms with E-state index in [2.05, 4.69) is 24.4 Å². The lowest BCUT2D eigenvalue weighted by molar-refractivity contribution is -0.120. The van der Waals surface area contributed by atoms with Crippen molar-refractivity contribution in [1.29, 1.82) is 0 Å². The number of nitrogens with one attached hydrogen (secondary N) is 1. The van der Waals surface area contributed by atoms with E-state index in [0.29, 0.717) is 12.6 Å². The van der Waals surface area contributed by atoms with Gasteiger partial charge in [0.2, 0.25) is 5.91 Å². The van der Waals surface area contributed by atoms with Gasteiger partial charge in [-0.15, -0.1) is 0 Å². The maximum absolute atomic E-state index is 11.2. The van der Waals surface area contributed by atoms with Crippen LogP contribution in [0, 0.1) is 0 Å². The summed E-state index contributed by atoms with van der Waals surface area (Å²) in [5, 5.41) is 4.22. The van der Waals surface area contributed by atoms with Crippen molar-refractivity contribution < 1.29 is 9.53 Å². The Morgan fingerprint density at radius 3 is 2.57 bits per heavy atom. The summed E-state index contributed by atoms with van der Waals surface area (Å²) in [6.07, 6.45) is 3.86. The number of hydrazine groups is 1. The fourth-order valence-corrected chi connectivity index (χ4v) is 1.83. The van der Waals surface area contributed by atoms with Crippen LogP contribution in [0.15, 0.2) is 36.7 Å². The predicted molar refractivity (Wildman–Crippen MR) is 79.4 cm³/mol. The Balaban J connectivity index is 1.89. The highest BCUT2D eigenvalue weighted by Gasteiger charge is 2.04. The smallest absolute Gasteiger partial charge is 0.238 e. The Labute approximate surface area is 123 Å². The second-order valence-electron chi connectivity index (χ2n) is 5.10. The van der Waals surface area contributed by atoms with Crippen molar-refractivity contribution in [3.05, 3.63) is 47.8 Å². The van der Waals surface area contributed by atoms with E-state index in [1.54, 1.807) is 6.20 Å². The van der Waals surface area contributed by atoms with E-state index < -0.39 is 0 Å². The zero-order valence-corrected chi connectivity index (χ0v) is 12.2. The van der Waals surface area contributed by atoms with Crippen molar-refractivity contribution >= 4 is 5.91 Å². The molecule has 0 saturated carbocycles. The molecule has 2 rings (SSSR count).